The predicted molar refractivity (Wildman–Crippen MR) is 74.6 cm³/mol. The van der Waals surface area contributed by atoms with Crippen LogP contribution in [-0.4, -0.2) is 35.8 Å². The fourth-order valence-electron chi connectivity index (χ4n) is 3.04. The summed E-state index contributed by atoms with van der Waals surface area (Å²) >= 11 is 0. The second-order valence-corrected chi connectivity index (χ2v) is 5.64. The lowest BCUT2D eigenvalue weighted by molar-refractivity contribution is -0.140. The van der Waals surface area contributed by atoms with Crippen molar-refractivity contribution in [3.8, 4) is 5.75 Å². The fourth-order valence-corrected chi connectivity index (χ4v) is 3.04. The van der Waals surface area contributed by atoms with Crippen molar-refractivity contribution < 1.29 is 14.3 Å². The molecule has 4 heteroatoms. The van der Waals surface area contributed by atoms with Crippen LogP contribution in [0.2, 0.25) is 0 Å². The Morgan fingerprint density at radius 3 is 2.65 bits per heavy atom. The van der Waals surface area contributed by atoms with Gasteiger partial charge in [0.25, 0.3) is 5.91 Å². The van der Waals surface area contributed by atoms with E-state index in [2.05, 4.69) is 0 Å². The fraction of sp³-hybridized carbons (Fsp3) is 0.500. The number of ketones is 1. The smallest absolute Gasteiger partial charge is 0.263 e. The van der Waals surface area contributed by atoms with Gasteiger partial charge in [0.15, 0.2) is 6.10 Å². The number of benzene rings is 1. The molecule has 2 aliphatic rings. The number of rotatable bonds is 2. The first-order valence-corrected chi connectivity index (χ1v) is 7.18. The molecule has 1 aromatic carbocycles. The molecule has 0 spiro atoms. The number of nitrogens with zero attached hydrogens (tertiary/aromatic N) is 1. The number of hydrogen-bond donors (Lipinski definition) is 0. The van der Waals surface area contributed by atoms with Crippen LogP contribution in [0.4, 0.5) is 0 Å². The van der Waals surface area contributed by atoms with Crippen molar-refractivity contribution in [2.45, 2.75) is 44.2 Å². The van der Waals surface area contributed by atoms with Crippen LogP contribution >= 0.6 is 0 Å². The first kappa shape index (κ1) is 13.2. The summed E-state index contributed by atoms with van der Waals surface area (Å²) in [5.41, 5.74) is 1.10. The lowest BCUT2D eigenvalue weighted by Crippen LogP contribution is -2.46. The van der Waals surface area contributed by atoms with E-state index in [1.165, 1.54) is 0 Å². The quantitative estimate of drug-likeness (QED) is 0.827. The Hall–Kier alpha value is -1.84. The average molecular weight is 273 g/mol. The van der Waals surface area contributed by atoms with Crippen molar-refractivity contribution in [3.63, 3.8) is 0 Å². The molecule has 1 aliphatic heterocycles. The molecule has 1 saturated carbocycles. The van der Waals surface area contributed by atoms with E-state index in [0.29, 0.717) is 25.0 Å². The summed E-state index contributed by atoms with van der Waals surface area (Å²) in [7, 11) is 1.83. The summed E-state index contributed by atoms with van der Waals surface area (Å²) in [5, 5.41) is 0. The van der Waals surface area contributed by atoms with Crippen LogP contribution < -0.4 is 4.74 Å². The van der Waals surface area contributed by atoms with Crippen LogP contribution in [0.1, 0.15) is 31.2 Å². The Labute approximate surface area is 118 Å². The number of Topliss-reactive ketones (excluding diaryl/α,β-unsaturated/α-hetero) is 1. The molecular weight excluding hydrogens is 254 g/mol. The van der Waals surface area contributed by atoms with E-state index in [-0.39, 0.29) is 11.9 Å². The number of likely N-dealkylation sites (N-methyl/N-ethyl adjacent to an activating group) is 1. The molecule has 4 nitrogen and oxygen atoms in total. The molecule has 1 heterocycles. The van der Waals surface area contributed by atoms with Crippen molar-refractivity contribution in [1.82, 2.24) is 4.90 Å². The highest BCUT2D eigenvalue weighted by Gasteiger charge is 2.34. The third-order valence-corrected chi connectivity index (χ3v) is 4.33. The summed E-state index contributed by atoms with van der Waals surface area (Å²) in [6.45, 7) is 0. The summed E-state index contributed by atoms with van der Waals surface area (Å²) < 4.78 is 5.74. The first-order chi connectivity index (χ1) is 9.65. The molecule has 0 radical (unpaired) electrons. The van der Waals surface area contributed by atoms with Gasteiger partial charge in [-0.3, -0.25) is 9.59 Å². The number of carbonyl (C=O) groups is 2. The maximum absolute atomic E-state index is 12.5. The van der Waals surface area contributed by atoms with E-state index in [0.717, 1.165) is 24.2 Å². The van der Waals surface area contributed by atoms with Gasteiger partial charge in [0, 0.05) is 32.4 Å². The maximum atomic E-state index is 12.5. The van der Waals surface area contributed by atoms with E-state index in [1.807, 2.05) is 31.3 Å². The average Bonchev–Trinajstić information content (AvgIpc) is 2.90. The molecule has 1 aliphatic carbocycles. The highest BCUT2D eigenvalue weighted by molar-refractivity contribution is 5.83. The third kappa shape index (κ3) is 2.42. The monoisotopic (exact) mass is 273 g/mol. The number of ether oxygens (including phenoxy) is 1. The lowest BCUT2D eigenvalue weighted by atomic mass is 9.93. The van der Waals surface area contributed by atoms with Crippen molar-refractivity contribution in [3.05, 3.63) is 29.8 Å². The van der Waals surface area contributed by atoms with Crippen LogP contribution in [0.15, 0.2) is 24.3 Å². The van der Waals surface area contributed by atoms with E-state index in [9.17, 15) is 9.59 Å². The minimum absolute atomic E-state index is 0.0283. The minimum atomic E-state index is -0.407. The number of fused-ring (bicyclic) bond motifs is 1. The van der Waals surface area contributed by atoms with Crippen molar-refractivity contribution in [2.75, 3.05) is 7.05 Å². The van der Waals surface area contributed by atoms with Gasteiger partial charge in [-0.25, -0.2) is 0 Å². The van der Waals surface area contributed by atoms with Crippen LogP contribution in [0.25, 0.3) is 0 Å². The molecule has 1 atom stereocenters. The number of carbonyl (C=O) groups excluding carboxylic acids is 2. The topological polar surface area (TPSA) is 46.6 Å². The predicted octanol–water partition coefficient (Wildman–Crippen LogP) is 1.96. The Balaban J connectivity index is 1.64. The zero-order valence-corrected chi connectivity index (χ0v) is 11.7. The summed E-state index contributed by atoms with van der Waals surface area (Å²) in [6, 6.07) is 7.96. The van der Waals surface area contributed by atoms with Gasteiger partial charge in [0.05, 0.1) is 0 Å². The van der Waals surface area contributed by atoms with Gasteiger partial charge in [-0.15, -0.1) is 0 Å². The van der Waals surface area contributed by atoms with E-state index >= 15 is 0 Å². The summed E-state index contributed by atoms with van der Waals surface area (Å²) in [4.78, 5) is 25.6. The first-order valence-electron chi connectivity index (χ1n) is 7.18. The van der Waals surface area contributed by atoms with E-state index in [4.69, 9.17) is 4.74 Å². The van der Waals surface area contributed by atoms with Gasteiger partial charge in [0.1, 0.15) is 11.5 Å². The van der Waals surface area contributed by atoms with E-state index < -0.39 is 6.10 Å². The van der Waals surface area contributed by atoms with Crippen LogP contribution in [0.3, 0.4) is 0 Å². The zero-order valence-electron chi connectivity index (χ0n) is 11.7. The SMILES string of the molecule is CN(C(=O)C1Cc2ccccc2O1)C1CCC(=O)CC1. The van der Waals surface area contributed by atoms with Gasteiger partial charge in [-0.1, -0.05) is 18.2 Å². The second kappa shape index (κ2) is 5.27. The maximum Gasteiger partial charge on any atom is 0.263 e. The van der Waals surface area contributed by atoms with Crippen molar-refractivity contribution in [2.24, 2.45) is 0 Å². The van der Waals surface area contributed by atoms with Crippen molar-refractivity contribution in [1.29, 1.82) is 0 Å². The summed E-state index contributed by atoms with van der Waals surface area (Å²) in [5.74, 6) is 1.16. The van der Waals surface area contributed by atoms with Crippen molar-refractivity contribution >= 4 is 11.7 Å². The van der Waals surface area contributed by atoms with Gasteiger partial charge in [-0.2, -0.15) is 0 Å². The lowest BCUT2D eigenvalue weighted by Gasteiger charge is -2.32. The largest absolute Gasteiger partial charge is 0.480 e. The van der Waals surface area contributed by atoms with Gasteiger partial charge in [-0.05, 0) is 24.5 Å². The highest BCUT2D eigenvalue weighted by Crippen LogP contribution is 2.30. The number of amides is 1. The Morgan fingerprint density at radius 2 is 1.95 bits per heavy atom. The molecule has 20 heavy (non-hydrogen) atoms. The zero-order chi connectivity index (χ0) is 14.1. The Morgan fingerprint density at radius 1 is 1.25 bits per heavy atom. The van der Waals surface area contributed by atoms with Crippen LogP contribution in [0, 0.1) is 0 Å². The molecule has 3 rings (SSSR count). The Bertz CT molecular complexity index is 505. The molecule has 1 fully saturated rings. The van der Waals surface area contributed by atoms with E-state index in [1.54, 1.807) is 4.90 Å². The molecule has 0 N–H and O–H groups in total. The molecule has 0 saturated heterocycles. The normalized spacial score (nSPS) is 22.2. The minimum Gasteiger partial charge on any atom is -0.480 e. The summed E-state index contributed by atoms with van der Waals surface area (Å²) in [6.07, 6.45) is 2.98. The molecule has 0 aromatic heterocycles. The molecule has 1 unspecified atom stereocenters. The van der Waals surface area contributed by atoms with Gasteiger partial charge >= 0.3 is 0 Å². The molecule has 1 aromatic rings. The second-order valence-electron chi connectivity index (χ2n) is 5.64. The van der Waals surface area contributed by atoms with Gasteiger partial charge < -0.3 is 9.64 Å². The third-order valence-electron chi connectivity index (χ3n) is 4.33. The standard InChI is InChI=1S/C16H19NO3/c1-17(12-6-8-13(18)9-7-12)16(19)15-10-11-4-2-3-5-14(11)20-15/h2-5,12,15H,6-10H2,1H3. The Kier molecular flexibility index (Phi) is 3.47. The number of hydrogen-bond acceptors (Lipinski definition) is 3. The molecule has 106 valence electrons. The van der Waals surface area contributed by atoms with Crippen LogP contribution in [0.5, 0.6) is 5.75 Å². The molecule has 0 bridgehead atoms. The van der Waals surface area contributed by atoms with Gasteiger partial charge in [0.2, 0.25) is 0 Å². The highest BCUT2D eigenvalue weighted by atomic mass is 16.5. The number of para-hydroxylation sites is 1. The molecule has 1 amide bonds. The molecular formula is C16H19NO3. The van der Waals surface area contributed by atoms with Crippen LogP contribution in [-0.2, 0) is 16.0 Å².